The lowest BCUT2D eigenvalue weighted by Gasteiger charge is -2.23. The van der Waals surface area contributed by atoms with Gasteiger partial charge in [0.15, 0.2) is 11.5 Å². The van der Waals surface area contributed by atoms with Crippen LogP contribution in [0.25, 0.3) is 0 Å². The molecule has 1 aliphatic heterocycles. The zero-order valence-electron chi connectivity index (χ0n) is 16.7. The Labute approximate surface area is 172 Å². The number of alkyl carbamates (subject to hydrolysis) is 1. The molecule has 2 aromatic carbocycles. The molecule has 2 amide bonds. The van der Waals surface area contributed by atoms with Gasteiger partial charge in [-0.05, 0) is 38.5 Å². The van der Waals surface area contributed by atoms with Gasteiger partial charge in [0.25, 0.3) is 0 Å². The fourth-order valence-electron chi connectivity index (χ4n) is 2.80. The Morgan fingerprint density at radius 3 is 2.43 bits per heavy atom. The summed E-state index contributed by atoms with van der Waals surface area (Å²) in [6, 6.07) is 12.1. The number of amides is 2. The maximum atomic E-state index is 13.4. The van der Waals surface area contributed by atoms with Crippen LogP contribution in [0.15, 0.2) is 48.5 Å². The Bertz CT molecular complexity index is 929. The molecule has 0 fully saturated rings. The highest BCUT2D eigenvalue weighted by Crippen LogP contribution is 2.45. The Hall–Kier alpha value is -3.36. The first-order valence-electron chi connectivity index (χ1n) is 9.25. The van der Waals surface area contributed by atoms with Gasteiger partial charge in [-0.15, -0.1) is 8.78 Å². The van der Waals surface area contributed by atoms with Crippen molar-refractivity contribution in [2.24, 2.45) is 0 Å². The van der Waals surface area contributed by atoms with E-state index in [9.17, 15) is 18.4 Å². The summed E-state index contributed by atoms with van der Waals surface area (Å²) in [6.45, 7) is 5.09. The normalized spacial score (nSPS) is 15.2. The van der Waals surface area contributed by atoms with Gasteiger partial charge in [-0.1, -0.05) is 36.4 Å². The quantitative estimate of drug-likeness (QED) is 0.761. The monoisotopic (exact) mass is 420 g/mol. The summed E-state index contributed by atoms with van der Waals surface area (Å²) in [5.41, 5.74) is 0.0337. The van der Waals surface area contributed by atoms with Crippen LogP contribution in [0.1, 0.15) is 26.3 Å². The van der Waals surface area contributed by atoms with Crippen molar-refractivity contribution in [2.75, 3.05) is 5.32 Å². The number of carbonyl (C=O) groups excluding carboxylic acids is 2. The maximum absolute atomic E-state index is 13.4. The van der Waals surface area contributed by atoms with Crippen LogP contribution in [0.5, 0.6) is 11.5 Å². The van der Waals surface area contributed by atoms with Crippen molar-refractivity contribution in [3.8, 4) is 11.5 Å². The smallest absolute Gasteiger partial charge is 0.444 e. The fourth-order valence-corrected chi connectivity index (χ4v) is 2.80. The second kappa shape index (κ2) is 8.17. The zero-order chi connectivity index (χ0) is 21.9. The molecule has 0 saturated heterocycles. The van der Waals surface area contributed by atoms with Gasteiger partial charge in [0.2, 0.25) is 5.91 Å². The number of hydrogen-bond donors (Lipinski definition) is 2. The van der Waals surface area contributed by atoms with Gasteiger partial charge in [-0.25, -0.2) is 4.79 Å². The number of para-hydroxylation sites is 1. The summed E-state index contributed by atoms with van der Waals surface area (Å²) in [4.78, 5) is 25.1. The van der Waals surface area contributed by atoms with E-state index < -0.39 is 29.9 Å². The summed E-state index contributed by atoms with van der Waals surface area (Å²) >= 11 is 0. The van der Waals surface area contributed by atoms with E-state index in [1.165, 1.54) is 18.2 Å². The van der Waals surface area contributed by atoms with E-state index in [0.29, 0.717) is 0 Å². The van der Waals surface area contributed by atoms with Crippen molar-refractivity contribution in [3.63, 3.8) is 0 Å². The number of rotatable bonds is 5. The third-order valence-electron chi connectivity index (χ3n) is 3.98. The molecule has 2 N–H and O–H groups in total. The molecule has 1 atom stereocenters. The van der Waals surface area contributed by atoms with Crippen LogP contribution in [0, 0.1) is 0 Å². The van der Waals surface area contributed by atoms with Gasteiger partial charge in [-0.2, -0.15) is 0 Å². The molecule has 0 aliphatic carbocycles. The molecule has 0 aromatic heterocycles. The number of nitrogens with one attached hydrogen (secondary N) is 2. The molecule has 1 unspecified atom stereocenters. The minimum Gasteiger partial charge on any atom is -0.444 e. The predicted octanol–water partition coefficient (Wildman–Crippen LogP) is 4.08. The number of alkyl halides is 2. The van der Waals surface area contributed by atoms with Gasteiger partial charge in [0, 0.05) is 6.42 Å². The lowest BCUT2D eigenvalue weighted by Crippen LogP contribution is -2.47. The summed E-state index contributed by atoms with van der Waals surface area (Å²) in [6.07, 6.45) is -4.43. The molecule has 7 nitrogen and oxygen atoms in total. The van der Waals surface area contributed by atoms with Crippen LogP contribution in [0.3, 0.4) is 0 Å². The first kappa shape index (κ1) is 21.4. The van der Waals surface area contributed by atoms with E-state index in [2.05, 4.69) is 20.1 Å². The molecule has 0 saturated carbocycles. The highest BCUT2D eigenvalue weighted by atomic mass is 19.3. The lowest BCUT2D eigenvalue weighted by molar-refractivity contribution is -0.286. The summed E-state index contributed by atoms with van der Waals surface area (Å²) in [7, 11) is 0. The molecule has 30 heavy (non-hydrogen) atoms. The molecular weight excluding hydrogens is 398 g/mol. The van der Waals surface area contributed by atoms with Crippen LogP contribution in [0.2, 0.25) is 0 Å². The standard InChI is InChI=1S/C21H22F2N2O5/c1-20(2,3)30-19(27)25-15(12-13-8-5-4-6-9-13)18(26)24-14-10-7-11-16-17(14)29-21(22,23)28-16/h4-11,15H,12H2,1-3H3,(H,24,26)(H,25,27). The number of anilines is 1. The van der Waals surface area contributed by atoms with Crippen LogP contribution in [-0.4, -0.2) is 29.9 Å². The topological polar surface area (TPSA) is 85.9 Å². The number of halogens is 2. The van der Waals surface area contributed by atoms with Gasteiger partial charge in [0.1, 0.15) is 11.6 Å². The molecule has 1 aliphatic rings. The van der Waals surface area contributed by atoms with E-state index in [-0.39, 0.29) is 23.6 Å². The van der Waals surface area contributed by atoms with E-state index in [4.69, 9.17) is 4.74 Å². The van der Waals surface area contributed by atoms with Crippen molar-refractivity contribution in [2.45, 2.75) is 45.1 Å². The van der Waals surface area contributed by atoms with Crippen LogP contribution >= 0.6 is 0 Å². The van der Waals surface area contributed by atoms with E-state index in [1.54, 1.807) is 45.0 Å². The number of fused-ring (bicyclic) bond motifs is 1. The largest absolute Gasteiger partial charge is 0.586 e. The average molecular weight is 420 g/mol. The molecule has 3 rings (SSSR count). The average Bonchev–Trinajstić information content (AvgIpc) is 2.95. The van der Waals surface area contributed by atoms with Crippen molar-refractivity contribution >= 4 is 17.7 Å². The van der Waals surface area contributed by atoms with E-state index in [1.807, 2.05) is 6.07 Å². The molecule has 2 aromatic rings. The molecule has 0 spiro atoms. The van der Waals surface area contributed by atoms with E-state index >= 15 is 0 Å². The number of ether oxygens (including phenoxy) is 3. The fraction of sp³-hybridized carbons (Fsp3) is 0.333. The molecule has 0 bridgehead atoms. The first-order chi connectivity index (χ1) is 14.0. The van der Waals surface area contributed by atoms with Gasteiger partial charge >= 0.3 is 12.4 Å². The van der Waals surface area contributed by atoms with Gasteiger partial charge < -0.3 is 24.8 Å². The zero-order valence-corrected chi connectivity index (χ0v) is 16.7. The Balaban J connectivity index is 1.79. The second-order valence-electron chi connectivity index (χ2n) is 7.68. The summed E-state index contributed by atoms with van der Waals surface area (Å²) in [5.74, 6) is -1.11. The Morgan fingerprint density at radius 2 is 1.77 bits per heavy atom. The third-order valence-corrected chi connectivity index (χ3v) is 3.98. The maximum Gasteiger partial charge on any atom is 0.586 e. The molecule has 160 valence electrons. The van der Waals surface area contributed by atoms with Gasteiger partial charge in [0.05, 0.1) is 5.69 Å². The Morgan fingerprint density at radius 1 is 1.07 bits per heavy atom. The minimum atomic E-state index is -3.82. The summed E-state index contributed by atoms with van der Waals surface area (Å²) < 4.78 is 40.9. The van der Waals surface area contributed by atoms with Crippen molar-refractivity contribution in [1.29, 1.82) is 0 Å². The predicted molar refractivity (Wildman–Crippen MR) is 105 cm³/mol. The molecule has 1 heterocycles. The first-order valence-corrected chi connectivity index (χ1v) is 9.25. The second-order valence-corrected chi connectivity index (χ2v) is 7.68. The van der Waals surface area contributed by atoms with Crippen LogP contribution in [-0.2, 0) is 16.0 Å². The minimum absolute atomic E-state index is 0.00118. The van der Waals surface area contributed by atoms with E-state index in [0.717, 1.165) is 5.56 Å². The van der Waals surface area contributed by atoms with Crippen molar-refractivity contribution in [3.05, 3.63) is 54.1 Å². The lowest BCUT2D eigenvalue weighted by atomic mass is 10.1. The number of carbonyl (C=O) groups is 2. The Kier molecular flexibility index (Phi) is 5.82. The highest BCUT2D eigenvalue weighted by molar-refractivity contribution is 5.98. The van der Waals surface area contributed by atoms with Crippen LogP contribution in [0.4, 0.5) is 19.3 Å². The summed E-state index contributed by atoms with van der Waals surface area (Å²) in [5, 5.41) is 5.05. The SMILES string of the molecule is CC(C)(C)OC(=O)NC(Cc1ccccc1)C(=O)Nc1cccc2c1OC(F)(F)O2. The number of benzene rings is 2. The van der Waals surface area contributed by atoms with Gasteiger partial charge in [-0.3, -0.25) is 4.79 Å². The highest BCUT2D eigenvalue weighted by Gasteiger charge is 2.44. The van der Waals surface area contributed by atoms with Crippen LogP contribution < -0.4 is 20.1 Å². The molecule has 0 radical (unpaired) electrons. The number of hydrogen-bond acceptors (Lipinski definition) is 5. The van der Waals surface area contributed by atoms with Crippen molar-refractivity contribution in [1.82, 2.24) is 5.32 Å². The molecule has 9 heteroatoms. The molecular formula is C21H22F2N2O5. The third kappa shape index (κ3) is 5.59. The van der Waals surface area contributed by atoms with Crippen molar-refractivity contribution < 1.29 is 32.6 Å².